The summed E-state index contributed by atoms with van der Waals surface area (Å²) in [6.45, 7) is 1.79. The van der Waals surface area contributed by atoms with Crippen molar-refractivity contribution in [2.45, 2.75) is 6.92 Å². The van der Waals surface area contributed by atoms with Crippen molar-refractivity contribution in [2.75, 3.05) is 26.6 Å². The van der Waals surface area contributed by atoms with Gasteiger partial charge in [0.05, 0.1) is 32.4 Å². The second-order valence-electron chi connectivity index (χ2n) is 6.35. The first-order valence-corrected chi connectivity index (χ1v) is 8.89. The van der Waals surface area contributed by atoms with Gasteiger partial charge in [-0.1, -0.05) is 6.07 Å². The van der Waals surface area contributed by atoms with Crippen LogP contribution in [0.4, 0.5) is 16.3 Å². The minimum Gasteiger partial charge on any atom is -0.493 e. The molecule has 4 rings (SSSR count). The lowest BCUT2D eigenvalue weighted by Crippen LogP contribution is -2.13. The quantitative estimate of drug-likeness (QED) is 0.515. The smallest absolute Gasteiger partial charge is 0.260 e. The molecule has 2 aromatic heterocycles. The maximum absolute atomic E-state index is 14.1. The highest BCUT2D eigenvalue weighted by molar-refractivity contribution is 5.92. The lowest BCUT2D eigenvalue weighted by molar-refractivity contribution is 0.327. The number of ether oxygens (including phenoxy) is 3. The van der Waals surface area contributed by atoms with Gasteiger partial charge >= 0.3 is 0 Å². The molecule has 9 nitrogen and oxygen atoms in total. The number of nitrogens with one attached hydrogen (secondary N) is 2. The molecule has 4 aromatic rings. The van der Waals surface area contributed by atoms with Crippen LogP contribution in [0.1, 0.15) is 5.69 Å². The monoisotopic (exact) mass is 411 g/mol. The third kappa shape index (κ3) is 3.11. The van der Waals surface area contributed by atoms with Crippen LogP contribution >= 0.6 is 0 Å². The molecule has 0 fully saturated rings. The molecule has 0 aliphatic heterocycles. The summed E-state index contributed by atoms with van der Waals surface area (Å²) in [5.74, 6) is 0.781. The van der Waals surface area contributed by atoms with E-state index in [1.54, 1.807) is 13.0 Å². The Kier molecular flexibility index (Phi) is 4.82. The first-order chi connectivity index (χ1) is 14.5. The highest BCUT2D eigenvalue weighted by atomic mass is 19.1. The summed E-state index contributed by atoms with van der Waals surface area (Å²) >= 11 is 0. The van der Waals surface area contributed by atoms with Crippen LogP contribution in [0.15, 0.2) is 29.1 Å². The number of hydrogen-bond acceptors (Lipinski definition) is 8. The number of para-hydroxylation sites is 1. The van der Waals surface area contributed by atoms with E-state index in [2.05, 4.69) is 25.3 Å². The molecule has 0 atom stereocenters. The molecular weight excluding hydrogens is 393 g/mol. The number of aromatic amines is 1. The summed E-state index contributed by atoms with van der Waals surface area (Å²) in [5.41, 5.74) is 0.560. The first kappa shape index (κ1) is 19.4. The van der Waals surface area contributed by atoms with Gasteiger partial charge < -0.3 is 14.2 Å². The van der Waals surface area contributed by atoms with Gasteiger partial charge in [0, 0.05) is 5.39 Å². The van der Waals surface area contributed by atoms with Crippen LogP contribution < -0.4 is 25.1 Å². The number of benzene rings is 2. The molecule has 0 bridgehead atoms. The lowest BCUT2D eigenvalue weighted by Gasteiger charge is -2.16. The Labute approximate surface area is 169 Å². The average molecular weight is 411 g/mol. The van der Waals surface area contributed by atoms with Gasteiger partial charge in [-0.2, -0.15) is 0 Å². The van der Waals surface area contributed by atoms with E-state index in [4.69, 9.17) is 14.2 Å². The van der Waals surface area contributed by atoms with Crippen molar-refractivity contribution in [2.24, 2.45) is 0 Å². The Morgan fingerprint density at radius 2 is 1.73 bits per heavy atom. The van der Waals surface area contributed by atoms with Crippen molar-refractivity contribution in [1.29, 1.82) is 0 Å². The van der Waals surface area contributed by atoms with Gasteiger partial charge in [-0.3, -0.25) is 15.1 Å². The molecule has 30 heavy (non-hydrogen) atoms. The predicted molar refractivity (Wildman–Crippen MR) is 110 cm³/mol. The molecule has 0 saturated heterocycles. The van der Waals surface area contributed by atoms with E-state index in [1.807, 2.05) is 0 Å². The van der Waals surface area contributed by atoms with Crippen molar-refractivity contribution in [3.8, 4) is 17.2 Å². The second kappa shape index (κ2) is 7.47. The number of rotatable bonds is 5. The van der Waals surface area contributed by atoms with Gasteiger partial charge in [-0.15, -0.1) is 0 Å². The number of aryl methyl sites for hydroxylation is 1. The number of H-pyrrole nitrogens is 1. The van der Waals surface area contributed by atoms with Gasteiger partial charge in [-0.25, -0.2) is 19.3 Å². The number of fused-ring (bicyclic) bond motifs is 2. The van der Waals surface area contributed by atoms with Crippen LogP contribution in [-0.2, 0) is 0 Å². The largest absolute Gasteiger partial charge is 0.493 e. The van der Waals surface area contributed by atoms with E-state index in [9.17, 15) is 9.18 Å². The Bertz CT molecular complexity index is 1340. The fourth-order valence-electron chi connectivity index (χ4n) is 3.23. The van der Waals surface area contributed by atoms with E-state index < -0.39 is 11.4 Å². The van der Waals surface area contributed by atoms with Crippen molar-refractivity contribution in [1.82, 2.24) is 19.9 Å². The minimum absolute atomic E-state index is 0.00999. The van der Waals surface area contributed by atoms with Crippen LogP contribution in [0.25, 0.3) is 21.8 Å². The molecule has 2 N–H and O–H groups in total. The molecule has 0 saturated carbocycles. The zero-order valence-electron chi connectivity index (χ0n) is 16.7. The third-order valence-electron chi connectivity index (χ3n) is 4.60. The number of anilines is 2. The molecule has 2 aromatic carbocycles. The summed E-state index contributed by atoms with van der Waals surface area (Å²) in [7, 11) is 4.51. The van der Waals surface area contributed by atoms with Crippen molar-refractivity contribution >= 4 is 33.7 Å². The van der Waals surface area contributed by atoms with Crippen molar-refractivity contribution < 1.29 is 18.6 Å². The number of aromatic nitrogens is 4. The zero-order chi connectivity index (χ0) is 21.4. The number of methoxy groups -OCH3 is 3. The molecule has 0 unspecified atom stereocenters. The summed E-state index contributed by atoms with van der Waals surface area (Å²) in [6, 6.07) is 5.93. The summed E-state index contributed by atoms with van der Waals surface area (Å²) < 4.78 is 30.4. The van der Waals surface area contributed by atoms with E-state index in [0.717, 1.165) is 0 Å². The molecule has 2 heterocycles. The zero-order valence-corrected chi connectivity index (χ0v) is 16.7. The van der Waals surface area contributed by atoms with Gasteiger partial charge in [0.1, 0.15) is 16.9 Å². The summed E-state index contributed by atoms with van der Waals surface area (Å²) in [4.78, 5) is 27.9. The number of hydrogen-bond donors (Lipinski definition) is 2. The third-order valence-corrected chi connectivity index (χ3v) is 4.60. The van der Waals surface area contributed by atoms with Crippen molar-refractivity contribution in [3.63, 3.8) is 0 Å². The Balaban J connectivity index is 1.87. The first-order valence-electron chi connectivity index (χ1n) is 8.89. The standard InChI is InChI=1S/C20H18FN5O4/c1-9-11-8-13(28-2)16(29-3)17(30-4)15(11)24-19(22-9)26-20-23-14-10(18(27)25-20)6-5-7-12(14)21/h5-8H,1-4H3,(H2,22,23,24,25,26,27). The lowest BCUT2D eigenvalue weighted by atomic mass is 10.1. The van der Waals surface area contributed by atoms with E-state index in [0.29, 0.717) is 33.8 Å². The molecule has 0 radical (unpaired) electrons. The minimum atomic E-state index is -0.601. The van der Waals surface area contributed by atoms with Gasteiger partial charge in [0.25, 0.3) is 5.56 Å². The number of halogens is 1. The summed E-state index contributed by atoms with van der Waals surface area (Å²) in [6.07, 6.45) is 0. The Hall–Kier alpha value is -3.95. The average Bonchev–Trinajstić information content (AvgIpc) is 2.73. The van der Waals surface area contributed by atoms with E-state index in [1.165, 1.54) is 39.5 Å². The van der Waals surface area contributed by atoms with Crippen LogP contribution in [-0.4, -0.2) is 41.3 Å². The SMILES string of the molecule is COc1cc2c(C)nc(Nc3nc4c(F)cccc4c(=O)[nH]3)nc2c(OC)c1OC. The maximum atomic E-state index is 14.1. The van der Waals surface area contributed by atoms with Crippen LogP contribution in [0.3, 0.4) is 0 Å². The fraction of sp³-hybridized carbons (Fsp3) is 0.200. The predicted octanol–water partition coefficient (Wildman–Crippen LogP) is 3.08. The van der Waals surface area contributed by atoms with Crippen LogP contribution in [0, 0.1) is 12.7 Å². The summed E-state index contributed by atoms with van der Waals surface area (Å²) in [5, 5.41) is 3.67. The molecule has 0 aliphatic rings. The molecule has 154 valence electrons. The molecular formula is C20H18FN5O4. The molecule has 0 amide bonds. The van der Waals surface area contributed by atoms with Crippen LogP contribution in [0.2, 0.25) is 0 Å². The van der Waals surface area contributed by atoms with E-state index in [-0.39, 0.29) is 22.8 Å². The highest BCUT2D eigenvalue weighted by Gasteiger charge is 2.20. The molecule has 0 aliphatic carbocycles. The fourth-order valence-corrected chi connectivity index (χ4v) is 3.23. The highest BCUT2D eigenvalue weighted by Crippen LogP contribution is 2.43. The topological polar surface area (TPSA) is 111 Å². The van der Waals surface area contributed by atoms with E-state index >= 15 is 0 Å². The van der Waals surface area contributed by atoms with Gasteiger partial charge in [0.15, 0.2) is 11.5 Å². The Morgan fingerprint density at radius 1 is 0.967 bits per heavy atom. The van der Waals surface area contributed by atoms with Crippen LogP contribution in [0.5, 0.6) is 17.2 Å². The molecule has 0 spiro atoms. The second-order valence-corrected chi connectivity index (χ2v) is 6.35. The van der Waals surface area contributed by atoms with Gasteiger partial charge in [0.2, 0.25) is 17.6 Å². The Morgan fingerprint density at radius 3 is 2.43 bits per heavy atom. The maximum Gasteiger partial charge on any atom is 0.260 e. The number of nitrogens with zero attached hydrogens (tertiary/aromatic N) is 3. The molecule has 10 heteroatoms. The normalized spacial score (nSPS) is 11.0. The van der Waals surface area contributed by atoms with Gasteiger partial charge in [-0.05, 0) is 25.1 Å². The van der Waals surface area contributed by atoms with Crippen molar-refractivity contribution in [3.05, 3.63) is 46.1 Å².